The number of carbonyl (C=O) groups is 2. The Labute approximate surface area is 175 Å². The van der Waals surface area contributed by atoms with E-state index in [9.17, 15) is 9.59 Å². The normalized spacial score (nSPS) is 11.4. The second-order valence-electron chi connectivity index (χ2n) is 6.54. The predicted molar refractivity (Wildman–Crippen MR) is 113 cm³/mol. The maximum absolute atomic E-state index is 12.9. The van der Waals surface area contributed by atoms with Crippen molar-refractivity contribution in [3.63, 3.8) is 0 Å². The van der Waals surface area contributed by atoms with E-state index in [1.807, 2.05) is 6.07 Å². The first kappa shape index (κ1) is 21.1. The fourth-order valence-electron chi connectivity index (χ4n) is 2.86. The number of carbonyl (C=O) groups excluding carboxylic acids is 2. The van der Waals surface area contributed by atoms with Crippen molar-refractivity contribution in [3.8, 4) is 5.75 Å². The van der Waals surface area contributed by atoms with Crippen LogP contribution in [0.25, 0.3) is 0 Å². The molecule has 0 fully saturated rings. The molecule has 1 N–H and O–H groups in total. The number of methoxy groups -OCH3 is 2. The van der Waals surface area contributed by atoms with Crippen molar-refractivity contribution in [1.82, 2.24) is 0 Å². The number of esters is 1. The molecule has 30 heavy (non-hydrogen) atoms. The Kier molecular flexibility index (Phi) is 7.19. The number of hydrogen-bond donors (Lipinski definition) is 1. The lowest BCUT2D eigenvalue weighted by Crippen LogP contribution is -2.26. The summed E-state index contributed by atoms with van der Waals surface area (Å²) in [6.45, 7) is 0.451. The van der Waals surface area contributed by atoms with Crippen LogP contribution in [0.2, 0.25) is 0 Å². The quantitative estimate of drug-likeness (QED) is 0.563. The van der Waals surface area contributed by atoms with Crippen LogP contribution in [-0.4, -0.2) is 26.1 Å². The van der Waals surface area contributed by atoms with Crippen molar-refractivity contribution in [3.05, 3.63) is 95.6 Å². The molecule has 1 atom stereocenters. The highest BCUT2D eigenvalue weighted by Crippen LogP contribution is 2.23. The fraction of sp³-hybridized carbons (Fsp3) is 0.167. The minimum Gasteiger partial charge on any atom is -0.497 e. The van der Waals surface area contributed by atoms with Crippen LogP contribution in [0.3, 0.4) is 0 Å². The van der Waals surface area contributed by atoms with E-state index in [1.165, 1.54) is 0 Å². The van der Waals surface area contributed by atoms with Gasteiger partial charge in [-0.25, -0.2) is 4.79 Å². The molecule has 0 bridgehead atoms. The Bertz CT molecular complexity index is 969. The fourth-order valence-corrected chi connectivity index (χ4v) is 2.86. The number of hydrogen-bond acceptors (Lipinski definition) is 5. The number of nitrogens with one attached hydrogen (secondary N) is 1. The summed E-state index contributed by atoms with van der Waals surface area (Å²) in [5, 5.41) is 2.79. The van der Waals surface area contributed by atoms with E-state index >= 15 is 0 Å². The molecule has 6 nitrogen and oxygen atoms in total. The van der Waals surface area contributed by atoms with Crippen molar-refractivity contribution in [2.45, 2.75) is 12.7 Å². The molecule has 0 aromatic heterocycles. The van der Waals surface area contributed by atoms with E-state index < -0.39 is 18.0 Å². The van der Waals surface area contributed by atoms with Gasteiger partial charge in [-0.15, -0.1) is 0 Å². The van der Waals surface area contributed by atoms with Crippen molar-refractivity contribution in [2.75, 3.05) is 19.5 Å². The molecule has 0 spiro atoms. The van der Waals surface area contributed by atoms with Gasteiger partial charge >= 0.3 is 5.97 Å². The van der Waals surface area contributed by atoms with E-state index in [0.29, 0.717) is 29.2 Å². The van der Waals surface area contributed by atoms with Crippen LogP contribution in [0.1, 0.15) is 27.6 Å². The molecule has 0 saturated carbocycles. The Balaban J connectivity index is 1.78. The predicted octanol–water partition coefficient (Wildman–Crippen LogP) is 4.38. The first-order valence-corrected chi connectivity index (χ1v) is 9.39. The van der Waals surface area contributed by atoms with E-state index in [0.717, 1.165) is 5.56 Å². The van der Waals surface area contributed by atoms with E-state index in [4.69, 9.17) is 14.2 Å². The summed E-state index contributed by atoms with van der Waals surface area (Å²) in [7, 11) is 3.17. The van der Waals surface area contributed by atoms with Crippen molar-refractivity contribution in [1.29, 1.82) is 0 Å². The molecule has 154 valence electrons. The standard InChI is InChI=1S/C24H23NO5/c1-28-16-17-8-10-19(11-9-17)24(27)30-22(18-6-4-3-5-7-18)23(26)25-20-12-14-21(29-2)15-13-20/h3-15,22H,16H2,1-2H3,(H,25,26). The molecule has 0 aliphatic rings. The van der Waals surface area contributed by atoms with E-state index in [1.54, 1.807) is 87.0 Å². The second kappa shape index (κ2) is 10.2. The summed E-state index contributed by atoms with van der Waals surface area (Å²) in [5.74, 6) is -0.357. The molecule has 6 heteroatoms. The molecule has 3 aromatic carbocycles. The molecule has 3 aromatic rings. The maximum atomic E-state index is 12.9. The Morgan fingerprint density at radius 2 is 1.53 bits per heavy atom. The van der Waals surface area contributed by atoms with Gasteiger partial charge in [0.15, 0.2) is 0 Å². The summed E-state index contributed by atoms with van der Waals surface area (Å²) < 4.78 is 15.8. The smallest absolute Gasteiger partial charge is 0.339 e. The van der Waals surface area contributed by atoms with Gasteiger partial charge in [0.05, 0.1) is 19.3 Å². The highest BCUT2D eigenvalue weighted by molar-refractivity contribution is 5.98. The van der Waals surface area contributed by atoms with Crippen molar-refractivity contribution < 1.29 is 23.8 Å². The minimum atomic E-state index is -1.10. The monoisotopic (exact) mass is 405 g/mol. The molecule has 0 aliphatic carbocycles. The average Bonchev–Trinajstić information content (AvgIpc) is 2.79. The van der Waals surface area contributed by atoms with E-state index in [-0.39, 0.29) is 0 Å². The zero-order chi connectivity index (χ0) is 21.3. The number of anilines is 1. The van der Waals surface area contributed by atoms with Gasteiger partial charge in [0.1, 0.15) is 5.75 Å². The molecule has 0 heterocycles. The topological polar surface area (TPSA) is 73.9 Å². The van der Waals surface area contributed by atoms with Gasteiger partial charge in [-0.05, 0) is 42.0 Å². The van der Waals surface area contributed by atoms with Gasteiger partial charge < -0.3 is 19.5 Å². The Hall–Kier alpha value is -3.64. The van der Waals surface area contributed by atoms with Crippen LogP contribution in [0.5, 0.6) is 5.75 Å². The van der Waals surface area contributed by atoms with Crippen LogP contribution in [0.4, 0.5) is 5.69 Å². The lowest BCUT2D eigenvalue weighted by atomic mass is 10.1. The van der Waals surface area contributed by atoms with Crippen LogP contribution in [0, 0.1) is 0 Å². The average molecular weight is 405 g/mol. The molecule has 0 saturated heterocycles. The highest BCUT2D eigenvalue weighted by Gasteiger charge is 2.25. The van der Waals surface area contributed by atoms with Gasteiger partial charge in [0.25, 0.3) is 5.91 Å². The van der Waals surface area contributed by atoms with Gasteiger partial charge in [-0.3, -0.25) is 4.79 Å². The molecule has 1 amide bonds. The van der Waals surface area contributed by atoms with E-state index in [2.05, 4.69) is 5.32 Å². The van der Waals surface area contributed by atoms with Gasteiger partial charge in [0.2, 0.25) is 6.10 Å². The zero-order valence-corrected chi connectivity index (χ0v) is 16.8. The summed E-state index contributed by atoms with van der Waals surface area (Å²) in [5.41, 5.74) is 2.44. The van der Waals surface area contributed by atoms with Crippen LogP contribution >= 0.6 is 0 Å². The number of ether oxygens (including phenoxy) is 3. The lowest BCUT2D eigenvalue weighted by molar-refractivity contribution is -0.125. The summed E-state index contributed by atoms with van der Waals surface area (Å²) in [6.07, 6.45) is -1.10. The van der Waals surface area contributed by atoms with Gasteiger partial charge in [-0.1, -0.05) is 42.5 Å². The highest BCUT2D eigenvalue weighted by atomic mass is 16.5. The lowest BCUT2D eigenvalue weighted by Gasteiger charge is -2.18. The zero-order valence-electron chi connectivity index (χ0n) is 16.8. The number of rotatable bonds is 8. The molecule has 1 unspecified atom stereocenters. The summed E-state index contributed by atoms with van der Waals surface area (Å²) in [4.78, 5) is 25.6. The number of amides is 1. The molecule has 3 rings (SSSR count). The minimum absolute atomic E-state index is 0.355. The Morgan fingerprint density at radius 3 is 2.13 bits per heavy atom. The van der Waals surface area contributed by atoms with Crippen molar-refractivity contribution in [2.24, 2.45) is 0 Å². The number of benzene rings is 3. The summed E-state index contributed by atoms with van der Waals surface area (Å²) in [6, 6.07) is 22.7. The third-order valence-electron chi connectivity index (χ3n) is 4.42. The molecular weight excluding hydrogens is 382 g/mol. The van der Waals surface area contributed by atoms with Crippen LogP contribution < -0.4 is 10.1 Å². The largest absolute Gasteiger partial charge is 0.497 e. The SMILES string of the molecule is COCc1ccc(C(=O)OC(C(=O)Nc2ccc(OC)cc2)c2ccccc2)cc1. The Morgan fingerprint density at radius 1 is 0.867 bits per heavy atom. The third-order valence-corrected chi connectivity index (χ3v) is 4.42. The van der Waals surface area contributed by atoms with Crippen LogP contribution in [-0.2, 0) is 20.9 Å². The van der Waals surface area contributed by atoms with Gasteiger partial charge in [0, 0.05) is 18.4 Å². The molecular formula is C24H23NO5. The molecule has 0 aliphatic heterocycles. The molecule has 0 radical (unpaired) electrons. The van der Waals surface area contributed by atoms with Gasteiger partial charge in [-0.2, -0.15) is 0 Å². The maximum Gasteiger partial charge on any atom is 0.339 e. The van der Waals surface area contributed by atoms with Crippen molar-refractivity contribution >= 4 is 17.6 Å². The second-order valence-corrected chi connectivity index (χ2v) is 6.54. The van der Waals surface area contributed by atoms with Crippen LogP contribution in [0.15, 0.2) is 78.9 Å². The third kappa shape index (κ3) is 5.46. The summed E-state index contributed by atoms with van der Waals surface area (Å²) >= 11 is 0. The first-order valence-electron chi connectivity index (χ1n) is 9.39. The first-order chi connectivity index (χ1) is 14.6.